The lowest BCUT2D eigenvalue weighted by Crippen LogP contribution is -2.15. The highest BCUT2D eigenvalue weighted by Crippen LogP contribution is 2.22. The van der Waals surface area contributed by atoms with Gasteiger partial charge in [-0.15, -0.1) is 0 Å². The van der Waals surface area contributed by atoms with Gasteiger partial charge in [-0.3, -0.25) is 9.52 Å². The van der Waals surface area contributed by atoms with Crippen molar-refractivity contribution in [2.24, 2.45) is 0 Å². The van der Waals surface area contributed by atoms with E-state index >= 15 is 0 Å². The van der Waals surface area contributed by atoms with Crippen LogP contribution < -0.4 is 15.1 Å². The van der Waals surface area contributed by atoms with Crippen molar-refractivity contribution in [3.05, 3.63) is 100 Å². The van der Waals surface area contributed by atoms with E-state index in [2.05, 4.69) is 4.72 Å². The van der Waals surface area contributed by atoms with Crippen LogP contribution >= 0.6 is 0 Å². The van der Waals surface area contributed by atoms with Crippen LogP contribution in [-0.2, 0) is 10.0 Å². The molecule has 0 fully saturated rings. The SMILES string of the molecule is COc1ccc2cc(C(=O)c3ccc(NS(=O)(=O)c4ccc(F)cc4)cc3)c(=O)oc2c1. The van der Waals surface area contributed by atoms with Gasteiger partial charge in [0.05, 0.1) is 12.0 Å². The van der Waals surface area contributed by atoms with Crippen LogP contribution in [0.1, 0.15) is 15.9 Å². The summed E-state index contributed by atoms with van der Waals surface area (Å²) < 4.78 is 50.5. The number of methoxy groups -OCH3 is 1. The zero-order valence-corrected chi connectivity index (χ0v) is 17.5. The van der Waals surface area contributed by atoms with Gasteiger partial charge in [-0.1, -0.05) is 0 Å². The molecule has 0 atom stereocenters. The highest BCUT2D eigenvalue weighted by Gasteiger charge is 2.18. The molecule has 0 bridgehead atoms. The van der Waals surface area contributed by atoms with Crippen molar-refractivity contribution in [3.8, 4) is 5.75 Å². The average molecular weight is 453 g/mol. The summed E-state index contributed by atoms with van der Waals surface area (Å²) in [7, 11) is -2.44. The van der Waals surface area contributed by atoms with E-state index in [0.29, 0.717) is 11.1 Å². The zero-order chi connectivity index (χ0) is 22.9. The van der Waals surface area contributed by atoms with Crippen molar-refractivity contribution >= 4 is 32.5 Å². The number of fused-ring (bicyclic) bond motifs is 1. The summed E-state index contributed by atoms with van der Waals surface area (Å²) in [5.41, 5.74) is -0.283. The van der Waals surface area contributed by atoms with Crippen molar-refractivity contribution in [3.63, 3.8) is 0 Å². The van der Waals surface area contributed by atoms with E-state index in [1.54, 1.807) is 18.2 Å². The Labute approximate surface area is 182 Å². The summed E-state index contributed by atoms with van der Waals surface area (Å²) in [4.78, 5) is 25.1. The minimum Gasteiger partial charge on any atom is -0.497 e. The number of benzene rings is 3. The zero-order valence-electron chi connectivity index (χ0n) is 16.7. The number of sulfonamides is 1. The summed E-state index contributed by atoms with van der Waals surface area (Å²) in [6, 6.07) is 16.3. The molecule has 0 aliphatic carbocycles. The highest BCUT2D eigenvalue weighted by molar-refractivity contribution is 7.92. The maximum absolute atomic E-state index is 13.0. The number of carbonyl (C=O) groups excluding carboxylic acids is 1. The number of hydrogen-bond acceptors (Lipinski definition) is 6. The van der Waals surface area contributed by atoms with Crippen LogP contribution in [0.3, 0.4) is 0 Å². The average Bonchev–Trinajstić information content (AvgIpc) is 2.78. The molecule has 32 heavy (non-hydrogen) atoms. The van der Waals surface area contributed by atoms with Gasteiger partial charge in [-0.2, -0.15) is 0 Å². The minimum atomic E-state index is -3.93. The molecule has 4 aromatic rings. The summed E-state index contributed by atoms with van der Waals surface area (Å²) in [5, 5.41) is 0.553. The van der Waals surface area contributed by atoms with Gasteiger partial charge in [-0.25, -0.2) is 17.6 Å². The van der Waals surface area contributed by atoms with Crippen molar-refractivity contribution in [1.29, 1.82) is 0 Å². The second-order valence-corrected chi connectivity index (χ2v) is 8.50. The fourth-order valence-electron chi connectivity index (χ4n) is 3.05. The molecule has 0 amide bonds. The third kappa shape index (κ3) is 4.23. The first-order chi connectivity index (χ1) is 15.3. The molecule has 0 aliphatic heterocycles. The lowest BCUT2D eigenvalue weighted by Gasteiger charge is -2.09. The molecule has 1 N–H and O–H groups in total. The van der Waals surface area contributed by atoms with E-state index in [1.165, 1.54) is 37.4 Å². The number of rotatable bonds is 6. The third-order valence-corrected chi connectivity index (χ3v) is 6.11. The van der Waals surface area contributed by atoms with Crippen LogP contribution in [0.2, 0.25) is 0 Å². The van der Waals surface area contributed by atoms with E-state index in [-0.39, 0.29) is 27.3 Å². The number of anilines is 1. The molecular formula is C23H16FNO6S. The van der Waals surface area contributed by atoms with E-state index in [1.807, 2.05) is 0 Å². The molecule has 1 aromatic heterocycles. The molecule has 0 spiro atoms. The van der Waals surface area contributed by atoms with Crippen molar-refractivity contribution in [2.75, 3.05) is 11.8 Å². The number of carbonyl (C=O) groups is 1. The van der Waals surface area contributed by atoms with Gasteiger partial charge in [0.2, 0.25) is 0 Å². The van der Waals surface area contributed by atoms with Gasteiger partial charge in [0.25, 0.3) is 10.0 Å². The van der Waals surface area contributed by atoms with E-state index in [0.717, 1.165) is 24.3 Å². The van der Waals surface area contributed by atoms with Crippen molar-refractivity contribution < 1.29 is 26.8 Å². The highest BCUT2D eigenvalue weighted by atomic mass is 32.2. The third-order valence-electron chi connectivity index (χ3n) is 4.71. The summed E-state index contributed by atoms with van der Waals surface area (Å²) in [6.07, 6.45) is 0. The van der Waals surface area contributed by atoms with Gasteiger partial charge in [0.15, 0.2) is 5.78 Å². The fraction of sp³-hybridized carbons (Fsp3) is 0.0435. The molecule has 9 heteroatoms. The smallest absolute Gasteiger partial charge is 0.347 e. The number of ketones is 1. The summed E-state index contributed by atoms with van der Waals surface area (Å²) >= 11 is 0. The number of hydrogen-bond donors (Lipinski definition) is 1. The van der Waals surface area contributed by atoms with Gasteiger partial charge in [0.1, 0.15) is 22.7 Å². The minimum absolute atomic E-state index is 0.107. The largest absolute Gasteiger partial charge is 0.497 e. The number of ether oxygens (including phenoxy) is 1. The van der Waals surface area contributed by atoms with Crippen LogP contribution in [0.4, 0.5) is 10.1 Å². The maximum atomic E-state index is 13.0. The lowest BCUT2D eigenvalue weighted by atomic mass is 10.0. The van der Waals surface area contributed by atoms with Crippen molar-refractivity contribution in [2.45, 2.75) is 4.90 Å². The van der Waals surface area contributed by atoms with Crippen molar-refractivity contribution in [1.82, 2.24) is 0 Å². The molecule has 162 valence electrons. The Hall–Kier alpha value is -3.98. The molecule has 4 rings (SSSR count). The standard InChI is InChI=1S/C23H16FNO6S/c1-30-18-9-4-15-12-20(23(27)31-21(15)13-18)22(26)14-2-7-17(8-3-14)25-32(28,29)19-10-5-16(24)6-11-19/h2-13,25H,1H3. The van der Waals surface area contributed by atoms with Crippen LogP contribution in [-0.4, -0.2) is 21.3 Å². The Kier molecular flexibility index (Phi) is 5.50. The van der Waals surface area contributed by atoms with E-state index in [9.17, 15) is 22.4 Å². The Bertz CT molecular complexity index is 1480. The molecule has 0 saturated heterocycles. The number of halogens is 1. The molecule has 1 heterocycles. The molecule has 0 unspecified atom stereocenters. The van der Waals surface area contributed by atoms with Gasteiger partial charge in [-0.05, 0) is 66.7 Å². The quantitative estimate of drug-likeness (QED) is 0.350. The van der Waals surface area contributed by atoms with Crippen LogP contribution in [0.25, 0.3) is 11.0 Å². The molecule has 0 radical (unpaired) electrons. The maximum Gasteiger partial charge on any atom is 0.347 e. The van der Waals surface area contributed by atoms with Crippen LogP contribution in [0.15, 0.2) is 86.9 Å². The van der Waals surface area contributed by atoms with Gasteiger partial charge >= 0.3 is 5.63 Å². The summed E-state index contributed by atoms with van der Waals surface area (Å²) in [5.74, 6) is -0.605. The second-order valence-electron chi connectivity index (χ2n) is 6.82. The lowest BCUT2D eigenvalue weighted by molar-refractivity contribution is 0.103. The molecule has 0 aliphatic rings. The Balaban J connectivity index is 1.59. The van der Waals surface area contributed by atoms with Gasteiger partial charge in [0, 0.05) is 22.7 Å². The van der Waals surface area contributed by atoms with E-state index in [4.69, 9.17) is 9.15 Å². The Morgan fingerprint density at radius 3 is 2.31 bits per heavy atom. The first kappa shape index (κ1) is 21.3. The molecule has 0 saturated carbocycles. The Morgan fingerprint density at radius 1 is 0.969 bits per heavy atom. The molecule has 3 aromatic carbocycles. The second kappa shape index (κ2) is 8.27. The topological polar surface area (TPSA) is 103 Å². The molecular weight excluding hydrogens is 437 g/mol. The van der Waals surface area contributed by atoms with Crippen LogP contribution in [0.5, 0.6) is 5.75 Å². The van der Waals surface area contributed by atoms with Gasteiger partial charge < -0.3 is 9.15 Å². The summed E-state index contributed by atoms with van der Waals surface area (Å²) in [6.45, 7) is 0. The van der Waals surface area contributed by atoms with E-state index < -0.39 is 27.2 Å². The fourth-order valence-corrected chi connectivity index (χ4v) is 4.11. The predicted molar refractivity (Wildman–Crippen MR) is 116 cm³/mol. The number of nitrogens with one attached hydrogen (secondary N) is 1. The predicted octanol–water partition coefficient (Wildman–Crippen LogP) is 3.97. The first-order valence-electron chi connectivity index (χ1n) is 9.32. The Morgan fingerprint density at radius 2 is 1.66 bits per heavy atom. The molecule has 7 nitrogen and oxygen atoms in total. The first-order valence-corrected chi connectivity index (χ1v) is 10.8. The van der Waals surface area contributed by atoms with Crippen LogP contribution in [0, 0.1) is 5.82 Å². The normalized spacial score (nSPS) is 11.3. The monoisotopic (exact) mass is 453 g/mol.